The molecule has 1 saturated heterocycles. The number of rotatable bonds is 4. The van der Waals surface area contributed by atoms with E-state index < -0.39 is 0 Å². The molecule has 1 N–H and O–H groups in total. The van der Waals surface area contributed by atoms with Gasteiger partial charge in [-0.1, -0.05) is 19.9 Å². The van der Waals surface area contributed by atoms with Gasteiger partial charge in [0.15, 0.2) is 0 Å². The van der Waals surface area contributed by atoms with Crippen LogP contribution < -0.4 is 5.32 Å². The molecular weight excluding hydrogens is 234 g/mol. The van der Waals surface area contributed by atoms with E-state index in [1.807, 2.05) is 12.3 Å². The highest BCUT2D eigenvalue weighted by molar-refractivity contribution is 5.04. The van der Waals surface area contributed by atoms with Crippen LogP contribution in [-0.2, 0) is 6.54 Å². The van der Waals surface area contributed by atoms with Crippen molar-refractivity contribution in [2.24, 2.45) is 5.92 Å². The Balaban J connectivity index is 1.99. The second-order valence-corrected chi connectivity index (χ2v) is 6.17. The average molecular weight is 261 g/mol. The molecule has 0 amide bonds. The predicted molar refractivity (Wildman–Crippen MR) is 80.0 cm³/mol. The summed E-state index contributed by atoms with van der Waals surface area (Å²) >= 11 is 0. The maximum absolute atomic E-state index is 4.46. The molecule has 0 aliphatic carbocycles. The molecule has 2 atom stereocenters. The lowest BCUT2D eigenvalue weighted by atomic mass is 10.0. The van der Waals surface area contributed by atoms with Gasteiger partial charge in [0.2, 0.25) is 0 Å². The van der Waals surface area contributed by atoms with Crippen LogP contribution in [0.2, 0.25) is 0 Å². The Morgan fingerprint density at radius 2 is 2.26 bits per heavy atom. The van der Waals surface area contributed by atoms with Gasteiger partial charge < -0.3 is 5.32 Å². The second-order valence-electron chi connectivity index (χ2n) is 6.17. The predicted octanol–water partition coefficient (Wildman–Crippen LogP) is 2.68. The highest BCUT2D eigenvalue weighted by atomic mass is 15.2. The minimum Gasteiger partial charge on any atom is -0.313 e. The molecule has 0 bridgehead atoms. The minimum absolute atomic E-state index is 0.619. The molecule has 3 heteroatoms. The van der Waals surface area contributed by atoms with Gasteiger partial charge >= 0.3 is 0 Å². The van der Waals surface area contributed by atoms with Crippen molar-refractivity contribution < 1.29 is 0 Å². The Hall–Kier alpha value is -0.930. The molecule has 1 aliphatic rings. The van der Waals surface area contributed by atoms with E-state index in [2.05, 4.69) is 48.1 Å². The molecule has 0 aromatic carbocycles. The molecule has 0 spiro atoms. The fourth-order valence-electron chi connectivity index (χ4n) is 2.85. The number of pyridine rings is 1. The fraction of sp³-hybridized carbons (Fsp3) is 0.688. The molecule has 0 saturated carbocycles. The molecule has 2 heterocycles. The third-order valence-electron chi connectivity index (χ3n) is 3.92. The Labute approximate surface area is 117 Å². The van der Waals surface area contributed by atoms with E-state index in [1.54, 1.807) is 0 Å². The van der Waals surface area contributed by atoms with Crippen molar-refractivity contribution in [1.82, 2.24) is 15.2 Å². The SMILES string of the molecule is CC(C)CC1CN(Cc2ccccn2)C(C)CCN1. The Morgan fingerprint density at radius 3 is 2.95 bits per heavy atom. The molecule has 19 heavy (non-hydrogen) atoms. The van der Waals surface area contributed by atoms with E-state index in [4.69, 9.17) is 0 Å². The van der Waals surface area contributed by atoms with Crippen LogP contribution >= 0.6 is 0 Å². The summed E-state index contributed by atoms with van der Waals surface area (Å²) in [7, 11) is 0. The van der Waals surface area contributed by atoms with Gasteiger partial charge in [-0.05, 0) is 44.4 Å². The van der Waals surface area contributed by atoms with E-state index in [0.717, 1.165) is 25.6 Å². The number of hydrogen-bond acceptors (Lipinski definition) is 3. The smallest absolute Gasteiger partial charge is 0.0544 e. The van der Waals surface area contributed by atoms with Crippen LogP contribution in [0, 0.1) is 5.92 Å². The quantitative estimate of drug-likeness (QED) is 0.903. The summed E-state index contributed by atoms with van der Waals surface area (Å²) in [6.07, 6.45) is 4.37. The molecular formula is C16H27N3. The highest BCUT2D eigenvalue weighted by Gasteiger charge is 2.23. The number of hydrogen-bond donors (Lipinski definition) is 1. The van der Waals surface area contributed by atoms with E-state index in [0.29, 0.717) is 12.1 Å². The van der Waals surface area contributed by atoms with Crippen LogP contribution in [0.15, 0.2) is 24.4 Å². The van der Waals surface area contributed by atoms with Gasteiger partial charge in [0.05, 0.1) is 5.69 Å². The van der Waals surface area contributed by atoms with Gasteiger partial charge in [0, 0.05) is 31.4 Å². The number of nitrogens with zero attached hydrogens (tertiary/aromatic N) is 2. The van der Waals surface area contributed by atoms with Gasteiger partial charge in [0.1, 0.15) is 0 Å². The third-order valence-corrected chi connectivity index (χ3v) is 3.92. The van der Waals surface area contributed by atoms with Crippen molar-refractivity contribution in [1.29, 1.82) is 0 Å². The van der Waals surface area contributed by atoms with Gasteiger partial charge in [-0.2, -0.15) is 0 Å². The molecule has 106 valence electrons. The van der Waals surface area contributed by atoms with Gasteiger partial charge in [0.25, 0.3) is 0 Å². The van der Waals surface area contributed by atoms with Gasteiger partial charge in [-0.3, -0.25) is 9.88 Å². The van der Waals surface area contributed by atoms with Crippen molar-refractivity contribution in [3.8, 4) is 0 Å². The van der Waals surface area contributed by atoms with Crippen molar-refractivity contribution in [2.45, 2.75) is 52.2 Å². The lowest BCUT2D eigenvalue weighted by molar-refractivity contribution is 0.187. The molecule has 1 aliphatic heterocycles. The van der Waals surface area contributed by atoms with E-state index in [1.165, 1.54) is 18.5 Å². The first kappa shape index (κ1) is 14.5. The molecule has 0 radical (unpaired) electrons. The zero-order valence-corrected chi connectivity index (χ0v) is 12.5. The van der Waals surface area contributed by atoms with Crippen LogP contribution in [0.4, 0.5) is 0 Å². The van der Waals surface area contributed by atoms with Gasteiger partial charge in [-0.25, -0.2) is 0 Å². The maximum atomic E-state index is 4.46. The van der Waals surface area contributed by atoms with E-state index >= 15 is 0 Å². The number of aromatic nitrogens is 1. The molecule has 1 fully saturated rings. The highest BCUT2D eigenvalue weighted by Crippen LogP contribution is 2.16. The third kappa shape index (κ3) is 4.59. The normalized spacial score (nSPS) is 25.5. The summed E-state index contributed by atoms with van der Waals surface area (Å²) in [6.45, 7) is 10.2. The first-order valence-corrected chi connectivity index (χ1v) is 7.52. The zero-order valence-electron chi connectivity index (χ0n) is 12.5. The Kier molecular flexibility index (Phi) is 5.34. The number of nitrogens with one attached hydrogen (secondary N) is 1. The Bertz CT molecular complexity index is 364. The molecule has 2 unspecified atom stereocenters. The Morgan fingerprint density at radius 1 is 1.42 bits per heavy atom. The molecule has 3 nitrogen and oxygen atoms in total. The fourth-order valence-corrected chi connectivity index (χ4v) is 2.85. The van der Waals surface area contributed by atoms with E-state index in [-0.39, 0.29) is 0 Å². The van der Waals surface area contributed by atoms with Crippen LogP contribution in [0.1, 0.15) is 39.3 Å². The summed E-state index contributed by atoms with van der Waals surface area (Å²) in [6, 6.07) is 7.44. The van der Waals surface area contributed by atoms with E-state index in [9.17, 15) is 0 Å². The summed E-state index contributed by atoms with van der Waals surface area (Å²) in [4.78, 5) is 7.04. The second kappa shape index (κ2) is 7.01. The largest absolute Gasteiger partial charge is 0.313 e. The first-order valence-electron chi connectivity index (χ1n) is 7.52. The summed E-state index contributed by atoms with van der Waals surface area (Å²) in [5.74, 6) is 0.752. The van der Waals surface area contributed by atoms with Crippen LogP contribution in [0.5, 0.6) is 0 Å². The first-order chi connectivity index (χ1) is 9.15. The van der Waals surface area contributed by atoms with Crippen molar-refractivity contribution in [3.63, 3.8) is 0 Å². The summed E-state index contributed by atoms with van der Waals surface area (Å²) in [5, 5.41) is 3.70. The molecule has 2 rings (SSSR count). The van der Waals surface area contributed by atoms with Crippen molar-refractivity contribution in [3.05, 3.63) is 30.1 Å². The standard InChI is InChI=1S/C16H27N3/c1-13(2)10-16-12-19(14(3)7-9-18-16)11-15-6-4-5-8-17-15/h4-6,8,13-14,16,18H,7,9-12H2,1-3H3. The van der Waals surface area contributed by atoms with Crippen molar-refractivity contribution in [2.75, 3.05) is 13.1 Å². The van der Waals surface area contributed by atoms with Crippen LogP contribution in [-0.4, -0.2) is 35.1 Å². The minimum atomic E-state index is 0.619. The van der Waals surface area contributed by atoms with Crippen molar-refractivity contribution >= 4 is 0 Å². The monoisotopic (exact) mass is 261 g/mol. The van der Waals surface area contributed by atoms with Crippen LogP contribution in [0.25, 0.3) is 0 Å². The topological polar surface area (TPSA) is 28.2 Å². The maximum Gasteiger partial charge on any atom is 0.0544 e. The molecule has 1 aromatic rings. The average Bonchev–Trinajstić information content (AvgIpc) is 2.53. The lowest BCUT2D eigenvalue weighted by Gasteiger charge is -2.29. The lowest BCUT2D eigenvalue weighted by Crippen LogP contribution is -2.40. The summed E-state index contributed by atoms with van der Waals surface area (Å²) in [5.41, 5.74) is 1.18. The van der Waals surface area contributed by atoms with Crippen LogP contribution in [0.3, 0.4) is 0 Å². The zero-order chi connectivity index (χ0) is 13.7. The molecule has 1 aromatic heterocycles. The summed E-state index contributed by atoms with van der Waals surface area (Å²) < 4.78 is 0. The van der Waals surface area contributed by atoms with Gasteiger partial charge in [-0.15, -0.1) is 0 Å².